The number of hydrogen-bond acceptors (Lipinski definition) is 2. The molecule has 2 nitrogen and oxygen atoms in total. The third kappa shape index (κ3) is 4.15. The topological polar surface area (TPSA) is 29.3 Å². The quantitative estimate of drug-likeness (QED) is 0.939. The van der Waals surface area contributed by atoms with E-state index in [0.29, 0.717) is 5.92 Å². The van der Waals surface area contributed by atoms with E-state index >= 15 is 0 Å². The molecule has 0 saturated carbocycles. The lowest BCUT2D eigenvalue weighted by Gasteiger charge is -2.36. The van der Waals surface area contributed by atoms with E-state index in [1.165, 1.54) is 11.6 Å². The number of nitrogens with zero attached hydrogens (tertiary/aromatic N) is 1. The van der Waals surface area contributed by atoms with E-state index in [4.69, 9.17) is 5.73 Å². The van der Waals surface area contributed by atoms with Crippen LogP contribution in [0.25, 0.3) is 0 Å². The van der Waals surface area contributed by atoms with Gasteiger partial charge in [-0.3, -0.25) is 4.90 Å². The van der Waals surface area contributed by atoms with Gasteiger partial charge in [-0.2, -0.15) is 0 Å². The predicted molar refractivity (Wildman–Crippen MR) is 87.9 cm³/mol. The summed E-state index contributed by atoms with van der Waals surface area (Å²) in [6.45, 7) is 2.90. The lowest BCUT2D eigenvalue weighted by Crippen LogP contribution is -2.47. The number of halogens is 1. The SMILES string of the molecule is NC1CC(Cc2cccc(F)c2)CN(Cc2ccccc2)C1. The summed E-state index contributed by atoms with van der Waals surface area (Å²) in [5.41, 5.74) is 8.63. The van der Waals surface area contributed by atoms with Crippen LogP contribution in [0.3, 0.4) is 0 Å². The van der Waals surface area contributed by atoms with Crippen molar-refractivity contribution in [1.82, 2.24) is 4.90 Å². The van der Waals surface area contributed by atoms with Crippen LogP contribution in [0, 0.1) is 11.7 Å². The Hall–Kier alpha value is -1.71. The first-order valence-electron chi connectivity index (χ1n) is 7.95. The number of nitrogens with two attached hydrogens (primary N) is 1. The highest BCUT2D eigenvalue weighted by Gasteiger charge is 2.25. The van der Waals surface area contributed by atoms with Gasteiger partial charge in [0.25, 0.3) is 0 Å². The molecular weight excluding hydrogens is 275 g/mol. The molecule has 2 unspecified atom stereocenters. The molecule has 2 N–H and O–H groups in total. The van der Waals surface area contributed by atoms with Crippen molar-refractivity contribution in [2.75, 3.05) is 13.1 Å². The standard InChI is InChI=1S/C19H23FN2/c20-18-8-4-7-16(10-18)9-17-11-19(21)14-22(13-17)12-15-5-2-1-3-6-15/h1-8,10,17,19H,9,11-14,21H2. The number of piperidine rings is 1. The van der Waals surface area contributed by atoms with Crippen LogP contribution in [0.5, 0.6) is 0 Å². The van der Waals surface area contributed by atoms with E-state index in [9.17, 15) is 4.39 Å². The highest BCUT2D eigenvalue weighted by Crippen LogP contribution is 2.22. The average molecular weight is 298 g/mol. The van der Waals surface area contributed by atoms with E-state index in [2.05, 4.69) is 29.2 Å². The van der Waals surface area contributed by atoms with Crippen LogP contribution in [0.2, 0.25) is 0 Å². The van der Waals surface area contributed by atoms with Gasteiger partial charge >= 0.3 is 0 Å². The lowest BCUT2D eigenvalue weighted by molar-refractivity contribution is 0.149. The predicted octanol–water partition coefficient (Wildman–Crippen LogP) is 3.22. The molecule has 116 valence electrons. The Morgan fingerprint density at radius 3 is 2.55 bits per heavy atom. The Labute approximate surface area is 131 Å². The van der Waals surface area contributed by atoms with Crippen molar-refractivity contribution in [2.45, 2.75) is 25.4 Å². The molecule has 0 bridgehead atoms. The van der Waals surface area contributed by atoms with Gasteiger partial charge in [0.2, 0.25) is 0 Å². The number of hydrogen-bond donors (Lipinski definition) is 1. The molecule has 0 aliphatic carbocycles. The van der Waals surface area contributed by atoms with Gasteiger partial charge in [-0.25, -0.2) is 4.39 Å². The van der Waals surface area contributed by atoms with Crippen LogP contribution in [0.4, 0.5) is 4.39 Å². The highest BCUT2D eigenvalue weighted by atomic mass is 19.1. The van der Waals surface area contributed by atoms with E-state index in [0.717, 1.165) is 38.0 Å². The van der Waals surface area contributed by atoms with Crippen molar-refractivity contribution >= 4 is 0 Å². The van der Waals surface area contributed by atoms with Gasteiger partial charge in [-0.05, 0) is 42.0 Å². The summed E-state index contributed by atoms with van der Waals surface area (Å²) in [6.07, 6.45) is 1.92. The molecule has 0 spiro atoms. The molecule has 0 radical (unpaired) electrons. The van der Waals surface area contributed by atoms with Crippen LogP contribution in [0.1, 0.15) is 17.5 Å². The van der Waals surface area contributed by atoms with Crippen molar-refractivity contribution in [2.24, 2.45) is 11.7 Å². The van der Waals surface area contributed by atoms with Crippen LogP contribution >= 0.6 is 0 Å². The first-order valence-corrected chi connectivity index (χ1v) is 7.95. The molecule has 1 heterocycles. The summed E-state index contributed by atoms with van der Waals surface area (Å²) >= 11 is 0. The molecule has 22 heavy (non-hydrogen) atoms. The molecular formula is C19H23FN2. The molecule has 1 aliphatic heterocycles. The molecule has 3 rings (SSSR count). The molecule has 1 aliphatic rings. The third-order valence-electron chi connectivity index (χ3n) is 4.31. The summed E-state index contributed by atoms with van der Waals surface area (Å²) < 4.78 is 13.3. The van der Waals surface area contributed by atoms with Gasteiger partial charge in [0.15, 0.2) is 0 Å². The monoisotopic (exact) mass is 298 g/mol. The highest BCUT2D eigenvalue weighted by molar-refractivity contribution is 5.18. The zero-order chi connectivity index (χ0) is 15.4. The minimum atomic E-state index is -0.154. The summed E-state index contributed by atoms with van der Waals surface area (Å²) in [4.78, 5) is 2.42. The summed E-state index contributed by atoms with van der Waals surface area (Å²) in [5, 5.41) is 0. The van der Waals surface area contributed by atoms with Crippen LogP contribution in [0.15, 0.2) is 54.6 Å². The molecule has 1 saturated heterocycles. The van der Waals surface area contributed by atoms with Gasteiger partial charge in [-0.1, -0.05) is 42.5 Å². The van der Waals surface area contributed by atoms with Gasteiger partial charge in [0, 0.05) is 25.7 Å². The van der Waals surface area contributed by atoms with Gasteiger partial charge < -0.3 is 5.73 Å². The summed E-state index contributed by atoms with van der Waals surface area (Å²) in [6, 6.07) is 17.6. The Bertz CT molecular complexity index is 599. The average Bonchev–Trinajstić information content (AvgIpc) is 2.47. The van der Waals surface area contributed by atoms with Gasteiger partial charge in [0.05, 0.1) is 0 Å². The van der Waals surface area contributed by atoms with Crippen LogP contribution in [-0.4, -0.2) is 24.0 Å². The Morgan fingerprint density at radius 2 is 1.77 bits per heavy atom. The van der Waals surface area contributed by atoms with Crippen molar-refractivity contribution in [3.63, 3.8) is 0 Å². The van der Waals surface area contributed by atoms with Crippen molar-refractivity contribution in [1.29, 1.82) is 0 Å². The van der Waals surface area contributed by atoms with Crippen LogP contribution in [-0.2, 0) is 13.0 Å². The largest absolute Gasteiger partial charge is 0.327 e. The Kier molecular flexibility index (Phi) is 4.86. The second-order valence-corrected chi connectivity index (χ2v) is 6.38. The fourth-order valence-corrected chi connectivity index (χ4v) is 3.46. The Balaban J connectivity index is 1.63. The minimum Gasteiger partial charge on any atom is -0.327 e. The normalized spacial score (nSPS) is 22.6. The third-order valence-corrected chi connectivity index (χ3v) is 4.31. The minimum absolute atomic E-state index is 0.154. The molecule has 1 fully saturated rings. The maximum Gasteiger partial charge on any atom is 0.123 e. The molecule has 0 amide bonds. The van der Waals surface area contributed by atoms with Crippen molar-refractivity contribution in [3.8, 4) is 0 Å². The second-order valence-electron chi connectivity index (χ2n) is 6.38. The van der Waals surface area contributed by atoms with Gasteiger partial charge in [-0.15, -0.1) is 0 Å². The second kappa shape index (κ2) is 7.03. The van der Waals surface area contributed by atoms with Crippen LogP contribution < -0.4 is 5.73 Å². The maximum atomic E-state index is 13.3. The molecule has 0 aromatic heterocycles. The van der Waals surface area contributed by atoms with Crippen molar-refractivity contribution < 1.29 is 4.39 Å². The number of rotatable bonds is 4. The van der Waals surface area contributed by atoms with E-state index in [1.54, 1.807) is 12.1 Å². The number of likely N-dealkylation sites (tertiary alicyclic amines) is 1. The van der Waals surface area contributed by atoms with Crippen molar-refractivity contribution in [3.05, 3.63) is 71.5 Å². The molecule has 2 aromatic rings. The van der Waals surface area contributed by atoms with E-state index in [1.807, 2.05) is 12.1 Å². The maximum absolute atomic E-state index is 13.3. The molecule has 3 heteroatoms. The lowest BCUT2D eigenvalue weighted by atomic mass is 9.89. The first-order chi connectivity index (χ1) is 10.7. The molecule has 2 atom stereocenters. The van der Waals surface area contributed by atoms with E-state index in [-0.39, 0.29) is 11.9 Å². The smallest absolute Gasteiger partial charge is 0.123 e. The fraction of sp³-hybridized carbons (Fsp3) is 0.368. The zero-order valence-corrected chi connectivity index (χ0v) is 12.8. The number of benzene rings is 2. The summed E-state index contributed by atoms with van der Waals surface area (Å²) in [7, 11) is 0. The Morgan fingerprint density at radius 1 is 1.00 bits per heavy atom. The van der Waals surface area contributed by atoms with E-state index < -0.39 is 0 Å². The first kappa shape index (κ1) is 15.2. The van der Waals surface area contributed by atoms with Gasteiger partial charge in [0.1, 0.15) is 5.82 Å². The molecule has 2 aromatic carbocycles. The zero-order valence-electron chi connectivity index (χ0n) is 12.8. The fourth-order valence-electron chi connectivity index (χ4n) is 3.46. The summed E-state index contributed by atoms with van der Waals surface area (Å²) in [5.74, 6) is 0.341.